The average Bonchev–Trinajstić information content (AvgIpc) is 2.30. The molecule has 1 aliphatic carbocycles. The predicted molar refractivity (Wildman–Crippen MR) is 68.9 cm³/mol. The number of benzene rings is 1. The summed E-state index contributed by atoms with van der Waals surface area (Å²) in [4.78, 5) is 10.4. The summed E-state index contributed by atoms with van der Waals surface area (Å²) < 4.78 is 5.71. The van der Waals surface area contributed by atoms with E-state index in [1.165, 1.54) is 12.1 Å². The number of para-hydroxylation sites is 1. The number of nitro benzene ring substituents is 1. The lowest BCUT2D eigenvalue weighted by molar-refractivity contribution is -0.386. The van der Waals surface area contributed by atoms with Crippen LogP contribution in [0.15, 0.2) is 18.2 Å². The van der Waals surface area contributed by atoms with Crippen molar-refractivity contribution in [3.63, 3.8) is 0 Å². The zero-order chi connectivity index (χ0) is 13.5. The van der Waals surface area contributed by atoms with Gasteiger partial charge in [0, 0.05) is 23.9 Å². The third-order valence-corrected chi connectivity index (χ3v) is 3.95. The van der Waals surface area contributed by atoms with E-state index in [0.717, 1.165) is 0 Å². The van der Waals surface area contributed by atoms with Crippen LogP contribution in [0.4, 0.5) is 5.69 Å². The highest BCUT2D eigenvalue weighted by molar-refractivity contribution is 6.32. The van der Waals surface area contributed by atoms with Gasteiger partial charge in [0.15, 0.2) is 0 Å². The minimum atomic E-state index is -0.493. The second kappa shape index (κ2) is 4.40. The number of nitro groups is 1. The molecular formula is C12H15ClN2O3. The Bertz CT molecular complexity index is 490. The van der Waals surface area contributed by atoms with Gasteiger partial charge in [-0.3, -0.25) is 10.1 Å². The van der Waals surface area contributed by atoms with Crippen molar-refractivity contribution in [2.24, 2.45) is 11.1 Å². The largest absolute Gasteiger partial charge is 0.482 e. The summed E-state index contributed by atoms with van der Waals surface area (Å²) in [6.45, 7) is 3.96. The standard InChI is InChI=1S/C12H15ClN2O3/c1-12(2)9(14)6-10(12)18-11-7(13)4-3-5-8(11)15(16)17/h3-5,9-10H,6,14H2,1-2H3. The van der Waals surface area contributed by atoms with Gasteiger partial charge in [0.2, 0.25) is 5.75 Å². The van der Waals surface area contributed by atoms with Gasteiger partial charge in [-0.2, -0.15) is 0 Å². The summed E-state index contributed by atoms with van der Waals surface area (Å²) in [5.41, 5.74) is 5.58. The zero-order valence-electron chi connectivity index (χ0n) is 10.2. The molecule has 2 unspecified atom stereocenters. The highest BCUT2D eigenvalue weighted by atomic mass is 35.5. The molecule has 0 saturated heterocycles. The molecule has 2 rings (SSSR count). The van der Waals surface area contributed by atoms with Crippen molar-refractivity contribution < 1.29 is 9.66 Å². The van der Waals surface area contributed by atoms with Crippen LogP contribution < -0.4 is 10.5 Å². The lowest BCUT2D eigenvalue weighted by atomic mass is 9.65. The van der Waals surface area contributed by atoms with Gasteiger partial charge in [0.25, 0.3) is 0 Å². The van der Waals surface area contributed by atoms with Gasteiger partial charge in [0.05, 0.1) is 9.95 Å². The first-order valence-corrected chi connectivity index (χ1v) is 6.07. The maximum atomic E-state index is 10.9. The van der Waals surface area contributed by atoms with E-state index in [1.807, 2.05) is 13.8 Å². The van der Waals surface area contributed by atoms with Crippen LogP contribution in [0.1, 0.15) is 20.3 Å². The minimum absolute atomic E-state index is 0.0454. The van der Waals surface area contributed by atoms with Crippen molar-refractivity contribution in [3.05, 3.63) is 33.3 Å². The van der Waals surface area contributed by atoms with E-state index in [4.69, 9.17) is 22.1 Å². The van der Waals surface area contributed by atoms with Crippen LogP contribution in [0, 0.1) is 15.5 Å². The molecular weight excluding hydrogens is 256 g/mol. The first kappa shape index (κ1) is 13.1. The summed E-state index contributed by atoms with van der Waals surface area (Å²) in [7, 11) is 0. The van der Waals surface area contributed by atoms with Crippen LogP contribution in [0.2, 0.25) is 5.02 Å². The van der Waals surface area contributed by atoms with Crippen molar-refractivity contribution in [2.75, 3.05) is 0 Å². The van der Waals surface area contributed by atoms with Crippen LogP contribution in [0.25, 0.3) is 0 Å². The molecule has 18 heavy (non-hydrogen) atoms. The number of halogens is 1. The third-order valence-electron chi connectivity index (χ3n) is 3.66. The summed E-state index contributed by atoms with van der Waals surface area (Å²) in [6.07, 6.45) is 0.529. The first-order chi connectivity index (χ1) is 8.34. The molecule has 1 fully saturated rings. The third kappa shape index (κ3) is 2.04. The summed E-state index contributed by atoms with van der Waals surface area (Å²) >= 11 is 5.97. The van der Waals surface area contributed by atoms with Gasteiger partial charge in [-0.15, -0.1) is 0 Å². The monoisotopic (exact) mass is 270 g/mol. The molecule has 0 bridgehead atoms. The van der Waals surface area contributed by atoms with Crippen molar-refractivity contribution >= 4 is 17.3 Å². The molecule has 0 spiro atoms. The Balaban J connectivity index is 2.27. The molecule has 1 saturated carbocycles. The Morgan fingerprint density at radius 3 is 2.72 bits per heavy atom. The van der Waals surface area contributed by atoms with Crippen LogP contribution in [-0.4, -0.2) is 17.1 Å². The second-order valence-corrected chi connectivity index (χ2v) is 5.52. The number of nitrogens with two attached hydrogens (primary N) is 1. The van der Waals surface area contributed by atoms with Gasteiger partial charge in [-0.25, -0.2) is 0 Å². The van der Waals surface area contributed by atoms with Crippen LogP contribution in [0.3, 0.4) is 0 Å². The van der Waals surface area contributed by atoms with Gasteiger partial charge in [0.1, 0.15) is 6.10 Å². The smallest absolute Gasteiger partial charge is 0.312 e. The van der Waals surface area contributed by atoms with Crippen molar-refractivity contribution in [1.82, 2.24) is 0 Å². The van der Waals surface area contributed by atoms with Gasteiger partial charge in [-0.1, -0.05) is 31.5 Å². The van der Waals surface area contributed by atoms with E-state index >= 15 is 0 Å². The number of rotatable bonds is 3. The topological polar surface area (TPSA) is 78.4 Å². The summed E-state index contributed by atoms with van der Waals surface area (Å²) in [5, 5.41) is 11.2. The number of hydrogen-bond acceptors (Lipinski definition) is 4. The molecule has 2 atom stereocenters. The van der Waals surface area contributed by atoms with E-state index in [0.29, 0.717) is 6.42 Å². The molecule has 1 aliphatic rings. The van der Waals surface area contributed by atoms with E-state index < -0.39 is 4.92 Å². The lowest BCUT2D eigenvalue weighted by Crippen LogP contribution is -2.60. The lowest BCUT2D eigenvalue weighted by Gasteiger charge is -2.49. The van der Waals surface area contributed by atoms with Crippen molar-refractivity contribution in [2.45, 2.75) is 32.4 Å². The average molecular weight is 271 g/mol. The number of hydrogen-bond donors (Lipinski definition) is 1. The van der Waals surface area contributed by atoms with Gasteiger partial charge in [-0.05, 0) is 6.07 Å². The zero-order valence-corrected chi connectivity index (χ0v) is 11.0. The number of ether oxygens (including phenoxy) is 1. The highest BCUT2D eigenvalue weighted by Gasteiger charge is 2.48. The Kier molecular flexibility index (Phi) is 3.21. The Morgan fingerprint density at radius 1 is 1.56 bits per heavy atom. The Hall–Kier alpha value is -1.33. The normalized spacial score (nSPS) is 25.3. The molecule has 0 heterocycles. The molecule has 0 amide bonds. The molecule has 0 aromatic heterocycles. The maximum Gasteiger partial charge on any atom is 0.312 e. The Morgan fingerprint density at radius 2 is 2.22 bits per heavy atom. The van der Waals surface area contributed by atoms with Gasteiger partial charge >= 0.3 is 5.69 Å². The summed E-state index contributed by atoms with van der Waals surface area (Å²) in [6, 6.07) is 4.54. The van der Waals surface area contributed by atoms with Crippen LogP contribution in [0.5, 0.6) is 5.75 Å². The SMILES string of the molecule is CC1(C)C(N)CC1Oc1c(Cl)cccc1[N+](=O)[O-]. The van der Waals surface area contributed by atoms with Gasteiger partial charge < -0.3 is 10.5 Å². The first-order valence-electron chi connectivity index (χ1n) is 5.69. The molecule has 1 aromatic rings. The maximum absolute atomic E-state index is 10.9. The number of nitrogens with zero attached hydrogens (tertiary/aromatic N) is 1. The van der Waals surface area contributed by atoms with E-state index in [2.05, 4.69) is 0 Å². The fourth-order valence-electron chi connectivity index (χ4n) is 2.02. The van der Waals surface area contributed by atoms with E-state index in [-0.39, 0.29) is 34.0 Å². The fraction of sp³-hybridized carbons (Fsp3) is 0.500. The minimum Gasteiger partial charge on any atom is -0.482 e. The van der Waals surface area contributed by atoms with E-state index in [1.54, 1.807) is 6.07 Å². The fourth-order valence-corrected chi connectivity index (χ4v) is 2.23. The molecule has 5 nitrogen and oxygen atoms in total. The van der Waals surface area contributed by atoms with E-state index in [9.17, 15) is 10.1 Å². The quantitative estimate of drug-likeness (QED) is 0.677. The second-order valence-electron chi connectivity index (χ2n) is 5.12. The predicted octanol–water partition coefficient (Wildman–Crippen LogP) is 2.75. The molecule has 0 radical (unpaired) electrons. The van der Waals surface area contributed by atoms with Crippen molar-refractivity contribution in [3.8, 4) is 5.75 Å². The molecule has 6 heteroatoms. The highest BCUT2D eigenvalue weighted by Crippen LogP contribution is 2.45. The molecule has 98 valence electrons. The van der Waals surface area contributed by atoms with Crippen molar-refractivity contribution in [1.29, 1.82) is 0 Å². The summed E-state index contributed by atoms with van der Waals surface area (Å²) in [5.74, 6) is 0.133. The van der Waals surface area contributed by atoms with Crippen LogP contribution >= 0.6 is 11.6 Å². The Labute approximate surface area is 110 Å². The molecule has 0 aliphatic heterocycles. The molecule has 2 N–H and O–H groups in total. The molecule has 1 aromatic carbocycles. The van der Waals surface area contributed by atoms with Crippen LogP contribution in [-0.2, 0) is 0 Å².